The molecule has 0 aromatic carbocycles. The van der Waals surface area contributed by atoms with Crippen molar-refractivity contribution >= 4 is 16.7 Å². The van der Waals surface area contributed by atoms with Crippen molar-refractivity contribution < 1.29 is 0 Å². The molecule has 1 atom stereocenters. The fraction of sp³-hybridized carbons (Fsp3) is 0.846. The number of hydrogen-bond donors (Lipinski definition) is 1. The Kier molecular flexibility index (Phi) is 4.95. The van der Waals surface area contributed by atoms with Crippen molar-refractivity contribution in [2.24, 2.45) is 5.92 Å². The van der Waals surface area contributed by atoms with Crippen LogP contribution in [0.15, 0.2) is 0 Å². The number of nitrogens with one attached hydrogen (secondary N) is 1. The maximum atomic E-state index is 4.66. The first kappa shape index (κ1) is 13.7. The average molecular weight is 268 g/mol. The van der Waals surface area contributed by atoms with Crippen LogP contribution in [0, 0.1) is 5.92 Å². The lowest BCUT2D eigenvalue weighted by Crippen LogP contribution is -2.38. The van der Waals surface area contributed by atoms with Gasteiger partial charge in [0.25, 0.3) is 0 Å². The van der Waals surface area contributed by atoms with Crippen LogP contribution in [0.1, 0.15) is 45.4 Å². The molecule has 1 aromatic heterocycles. The first-order chi connectivity index (χ1) is 8.70. The molecule has 4 nitrogen and oxygen atoms in total. The van der Waals surface area contributed by atoms with Crippen LogP contribution in [-0.4, -0.2) is 35.5 Å². The van der Waals surface area contributed by atoms with Crippen LogP contribution in [0.5, 0.6) is 0 Å². The summed E-state index contributed by atoms with van der Waals surface area (Å²) in [7, 11) is 0. The van der Waals surface area contributed by atoms with E-state index in [-0.39, 0.29) is 0 Å². The summed E-state index contributed by atoms with van der Waals surface area (Å²) in [5.74, 6) is 2.16. The van der Waals surface area contributed by atoms with Gasteiger partial charge in [0.15, 0.2) is 0 Å². The van der Waals surface area contributed by atoms with E-state index in [0.717, 1.165) is 36.5 Å². The van der Waals surface area contributed by atoms with Gasteiger partial charge in [-0.25, -0.2) is 4.98 Å². The van der Waals surface area contributed by atoms with E-state index in [1.165, 1.54) is 19.4 Å². The molecule has 0 bridgehead atoms. The normalized spacial score (nSPS) is 20.3. The second-order valence-electron chi connectivity index (χ2n) is 5.34. The number of piperidine rings is 1. The van der Waals surface area contributed by atoms with E-state index in [4.69, 9.17) is 0 Å². The maximum absolute atomic E-state index is 4.66. The third-order valence-electron chi connectivity index (χ3n) is 3.48. The molecule has 1 aliphatic rings. The van der Waals surface area contributed by atoms with E-state index in [2.05, 4.69) is 40.3 Å². The molecule has 0 spiro atoms. The molecule has 1 saturated heterocycles. The molecule has 1 aromatic rings. The lowest BCUT2D eigenvalue weighted by Gasteiger charge is -2.28. The topological polar surface area (TPSA) is 41.0 Å². The summed E-state index contributed by atoms with van der Waals surface area (Å²) >= 11 is 1.54. The van der Waals surface area contributed by atoms with Crippen LogP contribution in [-0.2, 0) is 0 Å². The third-order valence-corrected chi connectivity index (χ3v) is 4.27. The van der Waals surface area contributed by atoms with Crippen molar-refractivity contribution in [3.63, 3.8) is 0 Å². The van der Waals surface area contributed by atoms with Crippen LogP contribution in [0.3, 0.4) is 0 Å². The first-order valence-corrected chi connectivity index (χ1v) is 7.77. The Morgan fingerprint density at radius 3 is 2.89 bits per heavy atom. The zero-order valence-electron chi connectivity index (χ0n) is 11.6. The molecule has 0 aliphatic carbocycles. The minimum absolute atomic E-state index is 0.421. The molecule has 102 valence electrons. The van der Waals surface area contributed by atoms with E-state index >= 15 is 0 Å². The summed E-state index contributed by atoms with van der Waals surface area (Å²) in [6.07, 6.45) is 2.63. The van der Waals surface area contributed by atoms with Gasteiger partial charge >= 0.3 is 0 Å². The minimum Gasteiger partial charge on any atom is -0.347 e. The molecule has 1 aliphatic heterocycles. The molecule has 0 saturated carbocycles. The van der Waals surface area contributed by atoms with Crippen molar-refractivity contribution in [2.75, 3.05) is 31.1 Å². The lowest BCUT2D eigenvalue weighted by molar-refractivity contribution is 0.378. The summed E-state index contributed by atoms with van der Waals surface area (Å²) in [5, 5.41) is 4.57. The molecule has 18 heavy (non-hydrogen) atoms. The second-order valence-corrected chi connectivity index (χ2v) is 6.07. The highest BCUT2D eigenvalue weighted by atomic mass is 32.1. The van der Waals surface area contributed by atoms with E-state index in [1.807, 2.05) is 0 Å². The number of hydrogen-bond acceptors (Lipinski definition) is 5. The average Bonchev–Trinajstić information content (AvgIpc) is 2.87. The van der Waals surface area contributed by atoms with Crippen LogP contribution >= 0.6 is 11.5 Å². The van der Waals surface area contributed by atoms with Crippen molar-refractivity contribution in [3.8, 4) is 0 Å². The predicted octanol–water partition coefficient (Wildman–Crippen LogP) is 2.49. The summed E-state index contributed by atoms with van der Waals surface area (Å²) in [6.45, 7) is 10.9. The molecule has 1 unspecified atom stereocenters. The molecule has 0 amide bonds. The van der Waals surface area contributed by atoms with Gasteiger partial charge < -0.3 is 10.2 Å². The lowest BCUT2D eigenvalue weighted by atomic mass is 9.99. The molecule has 1 fully saturated rings. The Morgan fingerprint density at radius 2 is 2.33 bits per heavy atom. The zero-order chi connectivity index (χ0) is 13.0. The number of anilines is 1. The van der Waals surface area contributed by atoms with Crippen LogP contribution in [0.2, 0.25) is 0 Å². The highest BCUT2D eigenvalue weighted by molar-refractivity contribution is 7.09. The molecule has 0 radical (unpaired) electrons. The monoisotopic (exact) mass is 268 g/mol. The van der Waals surface area contributed by atoms with E-state index in [9.17, 15) is 0 Å². The SMILES string of the molecule is CCN(CC1CCCNC1)c1nc(C(C)C)ns1. The highest BCUT2D eigenvalue weighted by Gasteiger charge is 2.19. The summed E-state index contributed by atoms with van der Waals surface area (Å²) in [5.41, 5.74) is 0. The zero-order valence-corrected chi connectivity index (χ0v) is 12.5. The molecule has 2 rings (SSSR count). The van der Waals surface area contributed by atoms with Crippen molar-refractivity contribution in [1.29, 1.82) is 0 Å². The third kappa shape index (κ3) is 3.42. The highest BCUT2D eigenvalue weighted by Crippen LogP contribution is 2.23. The van der Waals surface area contributed by atoms with Crippen molar-refractivity contribution in [1.82, 2.24) is 14.7 Å². The van der Waals surface area contributed by atoms with Crippen LogP contribution < -0.4 is 10.2 Å². The summed E-state index contributed by atoms with van der Waals surface area (Å²) in [4.78, 5) is 7.04. The van der Waals surface area contributed by atoms with E-state index in [0.29, 0.717) is 5.92 Å². The molecule has 1 N–H and O–H groups in total. The van der Waals surface area contributed by atoms with Gasteiger partial charge in [-0.3, -0.25) is 0 Å². The quantitative estimate of drug-likeness (QED) is 0.891. The summed E-state index contributed by atoms with van der Waals surface area (Å²) in [6, 6.07) is 0. The molecular formula is C13H24N4S. The molecular weight excluding hydrogens is 244 g/mol. The van der Waals surface area contributed by atoms with E-state index in [1.54, 1.807) is 11.5 Å². The minimum atomic E-state index is 0.421. The van der Waals surface area contributed by atoms with Gasteiger partial charge in [0.2, 0.25) is 5.13 Å². The maximum Gasteiger partial charge on any atom is 0.205 e. The van der Waals surface area contributed by atoms with Gasteiger partial charge in [0, 0.05) is 30.5 Å². The fourth-order valence-corrected chi connectivity index (χ4v) is 3.20. The Hall–Kier alpha value is -0.680. The van der Waals surface area contributed by atoms with Crippen molar-refractivity contribution in [3.05, 3.63) is 5.82 Å². The number of rotatable bonds is 5. The van der Waals surface area contributed by atoms with E-state index < -0.39 is 0 Å². The molecule has 5 heteroatoms. The van der Waals surface area contributed by atoms with Gasteiger partial charge in [-0.1, -0.05) is 13.8 Å². The van der Waals surface area contributed by atoms with Gasteiger partial charge in [-0.05, 0) is 38.8 Å². The number of aromatic nitrogens is 2. The largest absolute Gasteiger partial charge is 0.347 e. The Balaban J connectivity index is 1.98. The first-order valence-electron chi connectivity index (χ1n) is 7.00. The Bertz CT molecular complexity index is 358. The standard InChI is InChI=1S/C13H24N4S/c1-4-17(9-11-6-5-7-14-8-11)13-15-12(10(2)3)16-18-13/h10-11,14H,4-9H2,1-3H3. The van der Waals surface area contributed by atoms with Gasteiger partial charge in [-0.15, -0.1) is 0 Å². The van der Waals surface area contributed by atoms with Crippen LogP contribution in [0.25, 0.3) is 0 Å². The fourth-order valence-electron chi connectivity index (χ4n) is 2.32. The Labute approximate surface area is 114 Å². The van der Waals surface area contributed by atoms with Crippen LogP contribution in [0.4, 0.5) is 5.13 Å². The molecule has 2 heterocycles. The van der Waals surface area contributed by atoms with Gasteiger partial charge in [0.05, 0.1) is 0 Å². The van der Waals surface area contributed by atoms with Gasteiger partial charge in [-0.2, -0.15) is 4.37 Å². The van der Waals surface area contributed by atoms with Crippen molar-refractivity contribution in [2.45, 2.75) is 39.5 Å². The number of nitrogens with zero attached hydrogens (tertiary/aromatic N) is 3. The second kappa shape index (κ2) is 6.48. The Morgan fingerprint density at radius 1 is 1.50 bits per heavy atom. The summed E-state index contributed by atoms with van der Waals surface area (Å²) < 4.78 is 4.45. The smallest absolute Gasteiger partial charge is 0.205 e. The van der Waals surface area contributed by atoms with Gasteiger partial charge in [0.1, 0.15) is 5.82 Å². The predicted molar refractivity (Wildman–Crippen MR) is 77.5 cm³/mol.